The van der Waals surface area contributed by atoms with E-state index in [4.69, 9.17) is 21.9 Å². The quantitative estimate of drug-likeness (QED) is 0.0373. The number of nitrogens with zero attached hydrogens (tertiary/aromatic N) is 3. The minimum absolute atomic E-state index is 0.0274. The van der Waals surface area contributed by atoms with Crippen molar-refractivity contribution >= 4 is 64.3 Å². The highest BCUT2D eigenvalue weighted by Gasteiger charge is 2.44. The molecule has 21 heteroatoms. The van der Waals surface area contributed by atoms with Gasteiger partial charge in [-0.15, -0.1) is 0 Å². The van der Waals surface area contributed by atoms with Crippen LogP contribution in [0.15, 0.2) is 65.8 Å². The van der Waals surface area contributed by atoms with E-state index in [1.165, 1.54) is 16.7 Å². The van der Waals surface area contributed by atoms with Gasteiger partial charge in [0, 0.05) is 49.6 Å². The fraction of sp³-hybridized carbons (Fsp3) is 0.540. The lowest BCUT2D eigenvalue weighted by atomic mass is 10.0. The monoisotopic (exact) mass is 985 g/mol. The zero-order chi connectivity index (χ0) is 51.8. The van der Waals surface area contributed by atoms with Crippen molar-refractivity contribution in [2.45, 2.75) is 153 Å². The van der Waals surface area contributed by atoms with Crippen LogP contribution in [0.4, 0.5) is 4.79 Å². The van der Waals surface area contributed by atoms with Gasteiger partial charge in [-0.1, -0.05) is 68.3 Å². The maximum atomic E-state index is 14.9. The first kappa shape index (κ1) is 54.7. The number of aliphatic imine (C=N–C) groups is 1. The number of fused-ring (bicyclic) bond motifs is 1. The highest BCUT2D eigenvalue weighted by Crippen LogP contribution is 2.27. The number of hydrogen-bond donors (Lipinski definition) is 9. The largest absolute Gasteiger partial charge is 0.444 e. The van der Waals surface area contributed by atoms with Crippen molar-refractivity contribution < 1.29 is 43.1 Å². The number of unbranched alkanes of at least 4 members (excludes halogenated alkanes) is 1. The first-order valence-corrected chi connectivity index (χ1v) is 24.5. The predicted molar refractivity (Wildman–Crippen MR) is 267 cm³/mol. The minimum Gasteiger partial charge on any atom is -0.444 e. The second kappa shape index (κ2) is 25.6. The molecule has 12 N–H and O–H groups in total. The zero-order valence-electron chi connectivity index (χ0n) is 41.5. The van der Waals surface area contributed by atoms with Gasteiger partial charge >= 0.3 is 6.09 Å². The number of benzene rings is 2. The van der Waals surface area contributed by atoms with Crippen molar-refractivity contribution in [3.8, 4) is 0 Å². The molecule has 0 unspecified atom stereocenters. The molecule has 2 aliphatic heterocycles. The molecule has 2 saturated heterocycles. The van der Waals surface area contributed by atoms with Crippen LogP contribution in [0.1, 0.15) is 104 Å². The summed E-state index contributed by atoms with van der Waals surface area (Å²) in [6.45, 7) is 9.08. The number of para-hydroxylation sites is 1. The van der Waals surface area contributed by atoms with E-state index in [1.807, 2.05) is 49.4 Å². The first-order chi connectivity index (χ1) is 33.8. The van der Waals surface area contributed by atoms with E-state index in [0.29, 0.717) is 50.5 Å². The van der Waals surface area contributed by atoms with Crippen LogP contribution in [0.25, 0.3) is 10.9 Å². The Morgan fingerprint density at radius 2 is 1.37 bits per heavy atom. The third kappa shape index (κ3) is 15.9. The number of likely N-dealkylation sites (tertiary alicyclic amines) is 2. The van der Waals surface area contributed by atoms with Crippen molar-refractivity contribution in [1.82, 2.24) is 41.4 Å². The summed E-state index contributed by atoms with van der Waals surface area (Å²) in [5, 5.41) is 14.5. The number of guanidine groups is 1. The van der Waals surface area contributed by atoms with Crippen LogP contribution < -0.4 is 43.8 Å². The maximum absolute atomic E-state index is 14.9. The molecule has 0 bridgehead atoms. The Labute approximate surface area is 414 Å². The fourth-order valence-corrected chi connectivity index (χ4v) is 8.89. The SMILES string of the molecule is CCCC[C@H](NC(=O)[C@@H]1CCCN1C(=O)[C@H]1CCCN1C(=O)[C@H](Cc1ccccc1)NC(=O)[C@@H](Cc1c[nH]c2ccccc12)NC(=O)[C@H](C)NC(=O)[C@@H](CCCN=C(N)N)NC(=O)OC(C)(C)C)C(N)=O. The number of H-pyrrole nitrogens is 1. The molecule has 2 aromatic carbocycles. The Hall–Kier alpha value is -7.19. The van der Waals surface area contributed by atoms with Crippen molar-refractivity contribution in [2.24, 2.45) is 22.2 Å². The number of carbonyl (C=O) groups is 8. The average Bonchev–Trinajstić information content (AvgIpc) is 4.11. The summed E-state index contributed by atoms with van der Waals surface area (Å²) in [4.78, 5) is 120. The van der Waals surface area contributed by atoms with Gasteiger partial charge < -0.3 is 63.3 Å². The van der Waals surface area contributed by atoms with Gasteiger partial charge in [0.15, 0.2) is 5.96 Å². The number of primary amides is 1. The lowest BCUT2D eigenvalue weighted by Gasteiger charge is -2.33. The van der Waals surface area contributed by atoms with E-state index < -0.39 is 95.3 Å². The highest BCUT2D eigenvalue weighted by atomic mass is 16.6. The molecule has 0 spiro atoms. The van der Waals surface area contributed by atoms with Gasteiger partial charge in [0.1, 0.15) is 47.9 Å². The van der Waals surface area contributed by atoms with E-state index in [-0.39, 0.29) is 44.9 Å². The Morgan fingerprint density at radius 3 is 2.04 bits per heavy atom. The summed E-state index contributed by atoms with van der Waals surface area (Å²) >= 11 is 0. The number of nitrogens with one attached hydrogen (secondary N) is 6. The molecule has 3 aromatic rings. The number of aromatic nitrogens is 1. The number of ether oxygens (including phenoxy) is 1. The summed E-state index contributed by atoms with van der Waals surface area (Å²) in [5.74, 6) is -4.33. The number of nitrogens with two attached hydrogens (primary N) is 3. The third-order valence-corrected chi connectivity index (χ3v) is 12.5. The predicted octanol–water partition coefficient (Wildman–Crippen LogP) is 1.52. The van der Waals surface area contributed by atoms with Crippen LogP contribution in [0.3, 0.4) is 0 Å². The fourth-order valence-electron chi connectivity index (χ4n) is 8.89. The second-order valence-electron chi connectivity index (χ2n) is 19.2. The van der Waals surface area contributed by atoms with Crippen molar-refractivity contribution in [2.75, 3.05) is 19.6 Å². The van der Waals surface area contributed by atoms with Gasteiger partial charge in [0.25, 0.3) is 0 Å². The molecule has 0 saturated carbocycles. The molecular formula is C50H72N12O9. The van der Waals surface area contributed by atoms with Gasteiger partial charge in [-0.25, -0.2) is 4.79 Å². The summed E-state index contributed by atoms with van der Waals surface area (Å²) < 4.78 is 5.38. The Bertz CT molecular complexity index is 2380. The smallest absolute Gasteiger partial charge is 0.408 e. The normalized spacial score (nSPS) is 17.8. The number of carbonyl (C=O) groups excluding carboxylic acids is 8. The van der Waals surface area contributed by atoms with E-state index >= 15 is 0 Å². The van der Waals surface area contributed by atoms with E-state index in [1.54, 1.807) is 39.1 Å². The van der Waals surface area contributed by atoms with Crippen LogP contribution in [-0.4, -0.2) is 136 Å². The topological polar surface area (TPSA) is 319 Å². The van der Waals surface area contributed by atoms with E-state index in [9.17, 15) is 38.4 Å². The Kier molecular flexibility index (Phi) is 19.7. The third-order valence-electron chi connectivity index (χ3n) is 12.5. The average molecular weight is 985 g/mol. The van der Waals surface area contributed by atoms with Crippen molar-refractivity contribution in [3.63, 3.8) is 0 Å². The molecule has 21 nitrogen and oxygen atoms in total. The standard InChI is InChI=1S/C50H72N12O9/c1-6-7-19-35(41(51)63)57-45(67)39-22-14-25-61(39)47(69)40-23-15-26-62(40)46(68)38(27-31-16-9-8-10-17-31)59-44(66)37(28-32-29-55-34-20-12-11-18-33(32)34)58-42(64)30(2)56-43(65)36(21-13-24-54-48(52)53)60-49(70)71-50(3,4)5/h8-12,16-18,20,29-30,35-40,55H,6-7,13-15,19,21-28H2,1-5H3,(H2,51,63)(H,56,65)(H,57,67)(H,58,64)(H,59,66)(H,60,70)(H4,52,53,54)/t30-,35-,36+,37+,38-,39-,40+/m0/s1. The molecule has 71 heavy (non-hydrogen) atoms. The Balaban J connectivity index is 1.37. The number of aromatic amines is 1. The van der Waals surface area contributed by atoms with Crippen LogP contribution in [0, 0.1) is 0 Å². The van der Waals surface area contributed by atoms with Crippen LogP contribution in [-0.2, 0) is 51.1 Å². The van der Waals surface area contributed by atoms with Gasteiger partial charge in [-0.3, -0.25) is 38.6 Å². The molecule has 2 aliphatic rings. The lowest BCUT2D eigenvalue weighted by molar-refractivity contribution is -0.148. The maximum Gasteiger partial charge on any atom is 0.408 e. The van der Waals surface area contributed by atoms with Crippen LogP contribution in [0.2, 0.25) is 0 Å². The molecule has 0 aliphatic carbocycles. The van der Waals surface area contributed by atoms with Crippen molar-refractivity contribution in [3.05, 3.63) is 71.9 Å². The molecule has 386 valence electrons. The lowest BCUT2D eigenvalue weighted by Crippen LogP contribution is -2.60. The molecule has 1 aromatic heterocycles. The molecule has 5 rings (SSSR count). The summed E-state index contributed by atoms with van der Waals surface area (Å²) in [6, 6.07) is 8.96. The second-order valence-corrected chi connectivity index (χ2v) is 19.2. The molecule has 2 fully saturated rings. The summed E-state index contributed by atoms with van der Waals surface area (Å²) in [7, 11) is 0. The van der Waals surface area contributed by atoms with Crippen LogP contribution >= 0.6 is 0 Å². The minimum atomic E-state index is -1.29. The molecule has 7 atom stereocenters. The van der Waals surface area contributed by atoms with Crippen LogP contribution in [0.5, 0.6) is 0 Å². The Morgan fingerprint density at radius 1 is 0.732 bits per heavy atom. The number of alkyl carbamates (subject to hydrolysis) is 1. The van der Waals surface area contributed by atoms with Gasteiger partial charge in [0.05, 0.1) is 0 Å². The van der Waals surface area contributed by atoms with E-state index in [2.05, 4.69) is 36.6 Å². The highest BCUT2D eigenvalue weighted by molar-refractivity contribution is 5.98. The van der Waals surface area contributed by atoms with Gasteiger partial charge in [-0.2, -0.15) is 0 Å². The molecule has 3 heterocycles. The van der Waals surface area contributed by atoms with E-state index in [0.717, 1.165) is 22.9 Å². The summed E-state index contributed by atoms with van der Waals surface area (Å²) in [6.07, 6.45) is 4.87. The zero-order valence-corrected chi connectivity index (χ0v) is 41.5. The summed E-state index contributed by atoms with van der Waals surface area (Å²) in [5.41, 5.74) is 17.9. The number of amides is 8. The first-order valence-electron chi connectivity index (χ1n) is 24.5. The van der Waals surface area contributed by atoms with Gasteiger partial charge in [-0.05, 0) is 89.8 Å². The molecule has 0 radical (unpaired) electrons. The number of hydrogen-bond acceptors (Lipinski definition) is 10. The van der Waals surface area contributed by atoms with Gasteiger partial charge in [0.2, 0.25) is 41.4 Å². The molecular weight excluding hydrogens is 913 g/mol. The van der Waals surface area contributed by atoms with Crippen molar-refractivity contribution in [1.29, 1.82) is 0 Å². The number of rotatable bonds is 23. The molecule has 8 amide bonds.